The molecule has 0 saturated heterocycles. The van der Waals surface area contributed by atoms with Gasteiger partial charge in [0, 0.05) is 21.9 Å². The van der Waals surface area contributed by atoms with E-state index in [1.54, 1.807) is 56.1 Å². The Labute approximate surface area is 161 Å². The summed E-state index contributed by atoms with van der Waals surface area (Å²) >= 11 is 1.60. The van der Waals surface area contributed by atoms with E-state index in [1.165, 1.54) is 0 Å². The number of benzene rings is 2. The number of esters is 1. The number of nitrogens with zero attached hydrogens (tertiary/aromatic N) is 1. The zero-order valence-electron chi connectivity index (χ0n) is 15.3. The van der Waals surface area contributed by atoms with Gasteiger partial charge in [0.15, 0.2) is 12.4 Å². The van der Waals surface area contributed by atoms with Gasteiger partial charge in [0.2, 0.25) is 0 Å². The molecule has 6 heteroatoms. The molecule has 1 heterocycles. The van der Waals surface area contributed by atoms with E-state index in [0.29, 0.717) is 22.6 Å². The Bertz CT molecular complexity index is 999. The molecule has 0 bridgehead atoms. The van der Waals surface area contributed by atoms with Crippen LogP contribution in [0.25, 0.3) is 10.9 Å². The van der Waals surface area contributed by atoms with E-state index in [1.807, 2.05) is 24.5 Å². The van der Waals surface area contributed by atoms with E-state index in [9.17, 15) is 9.59 Å². The molecule has 0 aliphatic carbocycles. The van der Waals surface area contributed by atoms with E-state index < -0.39 is 5.97 Å². The highest BCUT2D eigenvalue weighted by Crippen LogP contribution is 2.22. The van der Waals surface area contributed by atoms with Crippen LogP contribution in [0, 0.1) is 6.92 Å². The Morgan fingerprint density at radius 1 is 1.07 bits per heavy atom. The third kappa shape index (κ3) is 4.28. The standard InChI is InChI=1S/C21H19NO4S/c1-13-18(10-15-4-7-16(25-2)11-19(15)22-13)21(24)26-12-20(23)14-5-8-17(27-3)9-6-14/h4-11H,12H2,1-3H3. The minimum atomic E-state index is -0.563. The molecule has 3 aromatic rings. The fourth-order valence-corrected chi connectivity index (χ4v) is 3.05. The van der Waals surface area contributed by atoms with Crippen molar-refractivity contribution in [2.45, 2.75) is 11.8 Å². The van der Waals surface area contributed by atoms with Crippen molar-refractivity contribution in [1.82, 2.24) is 4.98 Å². The largest absolute Gasteiger partial charge is 0.497 e. The van der Waals surface area contributed by atoms with Gasteiger partial charge in [-0.25, -0.2) is 4.79 Å². The first kappa shape index (κ1) is 18.9. The summed E-state index contributed by atoms with van der Waals surface area (Å²) in [6, 6.07) is 14.4. The molecule has 0 radical (unpaired) electrons. The molecule has 0 N–H and O–H groups in total. The highest BCUT2D eigenvalue weighted by Gasteiger charge is 2.16. The molecular formula is C21H19NO4S. The summed E-state index contributed by atoms with van der Waals surface area (Å²) in [7, 11) is 1.59. The number of Topliss-reactive ketones (excluding diaryl/α,β-unsaturated/α-hetero) is 1. The van der Waals surface area contributed by atoms with Crippen molar-refractivity contribution in [2.75, 3.05) is 20.0 Å². The van der Waals surface area contributed by atoms with Crippen LogP contribution in [-0.2, 0) is 4.74 Å². The van der Waals surface area contributed by atoms with Gasteiger partial charge in [0.05, 0.1) is 23.9 Å². The average molecular weight is 381 g/mol. The number of methoxy groups -OCH3 is 1. The second kappa shape index (κ2) is 8.22. The van der Waals surface area contributed by atoms with Gasteiger partial charge < -0.3 is 9.47 Å². The lowest BCUT2D eigenvalue weighted by Crippen LogP contribution is -2.15. The van der Waals surface area contributed by atoms with E-state index >= 15 is 0 Å². The van der Waals surface area contributed by atoms with Crippen LogP contribution in [0.3, 0.4) is 0 Å². The molecule has 0 aliphatic heterocycles. The highest BCUT2D eigenvalue weighted by atomic mass is 32.2. The Morgan fingerprint density at radius 3 is 2.48 bits per heavy atom. The van der Waals surface area contributed by atoms with Crippen LogP contribution in [0.4, 0.5) is 0 Å². The predicted molar refractivity (Wildman–Crippen MR) is 106 cm³/mol. The number of ether oxygens (including phenoxy) is 2. The van der Waals surface area contributed by atoms with Gasteiger partial charge in [-0.1, -0.05) is 12.1 Å². The van der Waals surface area contributed by atoms with Gasteiger partial charge >= 0.3 is 5.97 Å². The van der Waals surface area contributed by atoms with Crippen LogP contribution in [-0.4, -0.2) is 36.7 Å². The maximum atomic E-state index is 12.4. The quantitative estimate of drug-likeness (QED) is 0.360. The summed E-state index contributed by atoms with van der Waals surface area (Å²) in [5.41, 5.74) is 2.13. The minimum Gasteiger partial charge on any atom is -0.497 e. The first-order valence-corrected chi connectivity index (χ1v) is 9.54. The number of rotatable bonds is 6. The zero-order valence-corrected chi connectivity index (χ0v) is 16.1. The summed E-state index contributed by atoms with van der Waals surface area (Å²) in [4.78, 5) is 30.2. The molecule has 1 aromatic heterocycles. The third-order valence-corrected chi connectivity index (χ3v) is 4.93. The number of hydrogen-bond donors (Lipinski definition) is 0. The van der Waals surface area contributed by atoms with Crippen molar-refractivity contribution in [3.63, 3.8) is 0 Å². The lowest BCUT2D eigenvalue weighted by atomic mass is 10.1. The molecule has 0 atom stereocenters. The van der Waals surface area contributed by atoms with Crippen molar-refractivity contribution >= 4 is 34.4 Å². The molecule has 0 spiro atoms. The van der Waals surface area contributed by atoms with Gasteiger partial charge in [-0.3, -0.25) is 9.78 Å². The van der Waals surface area contributed by atoms with Crippen molar-refractivity contribution in [2.24, 2.45) is 0 Å². The van der Waals surface area contributed by atoms with Crippen molar-refractivity contribution in [3.8, 4) is 5.75 Å². The van der Waals surface area contributed by atoms with E-state index in [-0.39, 0.29) is 12.4 Å². The minimum absolute atomic E-state index is 0.243. The van der Waals surface area contributed by atoms with Crippen LogP contribution < -0.4 is 4.74 Å². The fraction of sp³-hybridized carbons (Fsp3) is 0.190. The Kier molecular flexibility index (Phi) is 5.76. The number of carbonyl (C=O) groups excluding carboxylic acids is 2. The predicted octanol–water partition coefficient (Wildman–Crippen LogP) is 4.31. The molecule has 3 rings (SSSR count). The molecular weight excluding hydrogens is 362 g/mol. The number of aryl methyl sites for hydroxylation is 1. The van der Waals surface area contributed by atoms with Gasteiger partial charge in [-0.05, 0) is 43.5 Å². The van der Waals surface area contributed by atoms with Crippen molar-refractivity contribution in [3.05, 3.63) is 65.4 Å². The van der Waals surface area contributed by atoms with E-state index in [4.69, 9.17) is 9.47 Å². The SMILES string of the molecule is COc1ccc2cc(C(=O)OCC(=O)c3ccc(SC)cc3)c(C)nc2c1. The number of fused-ring (bicyclic) bond motifs is 1. The summed E-state index contributed by atoms with van der Waals surface area (Å²) in [5.74, 6) is -0.109. The van der Waals surface area contributed by atoms with Crippen LogP contribution in [0.5, 0.6) is 5.75 Å². The van der Waals surface area contributed by atoms with Crippen molar-refractivity contribution < 1.29 is 19.1 Å². The molecule has 0 fully saturated rings. The number of hydrogen-bond acceptors (Lipinski definition) is 6. The van der Waals surface area contributed by atoms with E-state index in [0.717, 1.165) is 15.8 Å². The zero-order chi connectivity index (χ0) is 19.4. The molecule has 0 saturated carbocycles. The van der Waals surface area contributed by atoms with Crippen LogP contribution in [0.15, 0.2) is 53.4 Å². The van der Waals surface area contributed by atoms with Gasteiger partial charge in [0.25, 0.3) is 0 Å². The molecule has 27 heavy (non-hydrogen) atoms. The van der Waals surface area contributed by atoms with E-state index in [2.05, 4.69) is 4.98 Å². The van der Waals surface area contributed by atoms with Gasteiger partial charge in [-0.2, -0.15) is 0 Å². The number of pyridine rings is 1. The van der Waals surface area contributed by atoms with Crippen LogP contribution >= 0.6 is 11.8 Å². The topological polar surface area (TPSA) is 65.5 Å². The molecule has 0 aliphatic rings. The average Bonchev–Trinajstić information content (AvgIpc) is 2.70. The second-order valence-corrected chi connectivity index (χ2v) is 6.79. The molecule has 0 unspecified atom stereocenters. The van der Waals surface area contributed by atoms with Crippen molar-refractivity contribution in [1.29, 1.82) is 0 Å². The number of ketones is 1. The Hall–Kier alpha value is -2.86. The third-order valence-electron chi connectivity index (χ3n) is 4.18. The molecule has 0 amide bonds. The highest BCUT2D eigenvalue weighted by molar-refractivity contribution is 7.98. The first-order valence-electron chi connectivity index (χ1n) is 8.31. The van der Waals surface area contributed by atoms with Gasteiger partial charge in [-0.15, -0.1) is 11.8 Å². The number of aromatic nitrogens is 1. The van der Waals surface area contributed by atoms with Crippen LogP contribution in [0.2, 0.25) is 0 Å². The normalized spacial score (nSPS) is 10.6. The summed E-state index contributed by atoms with van der Waals surface area (Å²) in [5, 5.41) is 0.798. The lowest BCUT2D eigenvalue weighted by Gasteiger charge is -2.09. The molecule has 5 nitrogen and oxygen atoms in total. The Balaban J connectivity index is 1.73. The molecule has 2 aromatic carbocycles. The smallest absolute Gasteiger partial charge is 0.340 e. The summed E-state index contributed by atoms with van der Waals surface area (Å²) in [6.07, 6.45) is 1.97. The second-order valence-electron chi connectivity index (χ2n) is 5.91. The first-order chi connectivity index (χ1) is 13.0. The lowest BCUT2D eigenvalue weighted by molar-refractivity contribution is 0.0473. The summed E-state index contributed by atoms with van der Waals surface area (Å²) < 4.78 is 10.4. The monoisotopic (exact) mass is 381 g/mol. The number of thioether (sulfide) groups is 1. The maximum Gasteiger partial charge on any atom is 0.340 e. The Morgan fingerprint density at radius 2 is 1.81 bits per heavy atom. The summed E-state index contributed by atoms with van der Waals surface area (Å²) in [6.45, 7) is 1.43. The fourth-order valence-electron chi connectivity index (χ4n) is 2.65. The van der Waals surface area contributed by atoms with Gasteiger partial charge in [0.1, 0.15) is 5.75 Å². The van der Waals surface area contributed by atoms with Crippen LogP contribution in [0.1, 0.15) is 26.4 Å². The molecule has 138 valence electrons. The maximum absolute atomic E-state index is 12.4. The number of carbonyl (C=O) groups is 2.